The van der Waals surface area contributed by atoms with E-state index in [1.807, 2.05) is 12.1 Å². The maximum absolute atomic E-state index is 12.6. The van der Waals surface area contributed by atoms with Gasteiger partial charge in [0, 0.05) is 22.8 Å². The van der Waals surface area contributed by atoms with Crippen LogP contribution in [0.4, 0.5) is 11.4 Å². The van der Waals surface area contributed by atoms with Crippen molar-refractivity contribution < 1.29 is 14.3 Å². The Bertz CT molecular complexity index is 963. The summed E-state index contributed by atoms with van der Waals surface area (Å²) in [4.78, 5) is 28.3. The number of rotatable bonds is 2. The fourth-order valence-electron chi connectivity index (χ4n) is 2.66. The Hall–Kier alpha value is -3.41. The van der Waals surface area contributed by atoms with Crippen molar-refractivity contribution in [3.63, 3.8) is 0 Å². The van der Waals surface area contributed by atoms with Crippen molar-refractivity contribution in [3.8, 4) is 5.75 Å². The maximum atomic E-state index is 12.6. The van der Waals surface area contributed by atoms with Gasteiger partial charge in [-0.05, 0) is 36.4 Å². The molecule has 118 valence electrons. The zero-order valence-electron chi connectivity index (χ0n) is 12.6. The van der Waals surface area contributed by atoms with Gasteiger partial charge in [-0.3, -0.25) is 14.6 Å². The lowest BCUT2D eigenvalue weighted by atomic mass is 10.1. The summed E-state index contributed by atoms with van der Waals surface area (Å²) in [5.41, 5.74) is 2.42. The van der Waals surface area contributed by atoms with Crippen LogP contribution in [0.1, 0.15) is 10.4 Å². The van der Waals surface area contributed by atoms with E-state index in [9.17, 15) is 9.59 Å². The van der Waals surface area contributed by atoms with E-state index in [-0.39, 0.29) is 18.4 Å². The Balaban J connectivity index is 1.64. The van der Waals surface area contributed by atoms with Crippen molar-refractivity contribution in [2.45, 2.75) is 0 Å². The minimum atomic E-state index is -0.239. The number of pyridine rings is 1. The normalized spacial score (nSPS) is 12.9. The summed E-state index contributed by atoms with van der Waals surface area (Å²) in [6, 6.07) is 14.2. The molecule has 1 aromatic heterocycles. The van der Waals surface area contributed by atoms with E-state index in [2.05, 4.69) is 15.6 Å². The Morgan fingerprint density at radius 1 is 1.17 bits per heavy atom. The molecule has 1 aliphatic rings. The highest BCUT2D eigenvalue weighted by molar-refractivity contribution is 6.12. The zero-order chi connectivity index (χ0) is 16.5. The van der Waals surface area contributed by atoms with E-state index in [1.54, 1.807) is 42.6 Å². The Morgan fingerprint density at radius 3 is 3.00 bits per heavy atom. The number of ether oxygens (including phenoxy) is 1. The largest absolute Gasteiger partial charge is 0.482 e. The van der Waals surface area contributed by atoms with Crippen LogP contribution in [0, 0.1) is 0 Å². The molecule has 2 amide bonds. The molecule has 0 saturated carbocycles. The molecule has 0 spiro atoms. The molecule has 0 bridgehead atoms. The van der Waals surface area contributed by atoms with Crippen molar-refractivity contribution >= 4 is 34.1 Å². The van der Waals surface area contributed by atoms with E-state index >= 15 is 0 Å². The van der Waals surface area contributed by atoms with Gasteiger partial charge < -0.3 is 15.4 Å². The van der Waals surface area contributed by atoms with Crippen LogP contribution in [-0.4, -0.2) is 23.4 Å². The molecule has 24 heavy (non-hydrogen) atoms. The lowest BCUT2D eigenvalue weighted by molar-refractivity contribution is -0.118. The molecule has 3 aromatic rings. The molecule has 0 unspecified atom stereocenters. The summed E-state index contributed by atoms with van der Waals surface area (Å²) in [5, 5.41) is 6.34. The molecular formula is C18H13N3O3. The monoisotopic (exact) mass is 319 g/mol. The van der Waals surface area contributed by atoms with Crippen molar-refractivity contribution in [1.82, 2.24) is 4.98 Å². The topological polar surface area (TPSA) is 80.3 Å². The summed E-state index contributed by atoms with van der Waals surface area (Å²) >= 11 is 0. The molecule has 2 aromatic carbocycles. The Morgan fingerprint density at radius 2 is 2.08 bits per heavy atom. The number of amides is 2. The van der Waals surface area contributed by atoms with E-state index < -0.39 is 0 Å². The number of anilines is 2. The molecule has 2 N–H and O–H groups in total. The first-order valence-corrected chi connectivity index (χ1v) is 7.42. The first-order valence-electron chi connectivity index (χ1n) is 7.42. The number of nitrogens with one attached hydrogen (secondary N) is 2. The predicted molar refractivity (Wildman–Crippen MR) is 90.3 cm³/mol. The first kappa shape index (κ1) is 14.2. The second-order valence-electron chi connectivity index (χ2n) is 5.38. The van der Waals surface area contributed by atoms with Gasteiger partial charge in [0.05, 0.1) is 11.2 Å². The van der Waals surface area contributed by atoms with Gasteiger partial charge in [-0.2, -0.15) is 0 Å². The number of benzene rings is 2. The first-order chi connectivity index (χ1) is 11.7. The second-order valence-corrected chi connectivity index (χ2v) is 5.38. The number of hydrogen-bond donors (Lipinski definition) is 2. The van der Waals surface area contributed by atoms with Gasteiger partial charge in [0.25, 0.3) is 11.8 Å². The number of hydrogen-bond acceptors (Lipinski definition) is 4. The third-order valence-corrected chi connectivity index (χ3v) is 3.76. The molecule has 4 rings (SSSR count). The van der Waals surface area contributed by atoms with Crippen LogP contribution < -0.4 is 15.4 Å². The fraction of sp³-hybridized carbons (Fsp3) is 0.0556. The van der Waals surface area contributed by atoms with Crippen molar-refractivity contribution in [3.05, 3.63) is 60.3 Å². The van der Waals surface area contributed by atoms with Crippen molar-refractivity contribution in [1.29, 1.82) is 0 Å². The molecular weight excluding hydrogens is 306 g/mol. The summed E-state index contributed by atoms with van der Waals surface area (Å²) in [5.74, 6) is 0.129. The van der Waals surface area contributed by atoms with Crippen LogP contribution in [0.15, 0.2) is 54.7 Å². The average Bonchev–Trinajstić information content (AvgIpc) is 2.61. The molecule has 6 nitrogen and oxygen atoms in total. The number of nitrogens with zero attached hydrogens (tertiary/aromatic N) is 1. The SMILES string of the molecule is O=C1COc2ccc(NC(=O)c3cccc4ncccc34)cc2N1. The molecule has 0 fully saturated rings. The van der Waals surface area contributed by atoms with Gasteiger partial charge in [0.1, 0.15) is 5.75 Å². The number of fused-ring (bicyclic) bond motifs is 2. The quantitative estimate of drug-likeness (QED) is 0.761. The van der Waals surface area contributed by atoms with E-state index in [0.29, 0.717) is 22.7 Å². The van der Waals surface area contributed by atoms with E-state index in [1.165, 1.54) is 0 Å². The maximum Gasteiger partial charge on any atom is 0.262 e. The van der Waals surface area contributed by atoms with Crippen LogP contribution in [0.25, 0.3) is 10.9 Å². The van der Waals surface area contributed by atoms with E-state index in [0.717, 1.165) is 10.9 Å². The molecule has 0 atom stereocenters. The highest BCUT2D eigenvalue weighted by Crippen LogP contribution is 2.30. The smallest absolute Gasteiger partial charge is 0.262 e. The van der Waals surface area contributed by atoms with Crippen LogP contribution >= 0.6 is 0 Å². The number of carbonyl (C=O) groups excluding carboxylic acids is 2. The third-order valence-electron chi connectivity index (χ3n) is 3.76. The summed E-state index contributed by atoms with van der Waals surface area (Å²) < 4.78 is 5.30. The van der Waals surface area contributed by atoms with Crippen LogP contribution in [0.5, 0.6) is 5.75 Å². The highest BCUT2D eigenvalue weighted by Gasteiger charge is 2.17. The highest BCUT2D eigenvalue weighted by atomic mass is 16.5. The summed E-state index contributed by atoms with van der Waals surface area (Å²) in [7, 11) is 0. The number of aromatic nitrogens is 1. The lowest BCUT2D eigenvalue weighted by Crippen LogP contribution is -2.25. The minimum absolute atomic E-state index is 0.00170. The van der Waals surface area contributed by atoms with Crippen LogP contribution in [0.3, 0.4) is 0 Å². The molecule has 1 aliphatic heterocycles. The standard InChI is InChI=1S/C18H13N3O3/c22-17-10-24-16-7-6-11(9-15(16)21-17)20-18(23)13-3-1-5-14-12(13)4-2-8-19-14/h1-9H,10H2,(H,20,23)(H,21,22). The van der Waals surface area contributed by atoms with Crippen LogP contribution in [-0.2, 0) is 4.79 Å². The number of carbonyl (C=O) groups is 2. The van der Waals surface area contributed by atoms with E-state index in [4.69, 9.17) is 4.74 Å². The molecule has 0 radical (unpaired) electrons. The summed E-state index contributed by atoms with van der Waals surface area (Å²) in [6.45, 7) is 0.00170. The second kappa shape index (κ2) is 5.66. The third kappa shape index (κ3) is 2.54. The van der Waals surface area contributed by atoms with Crippen molar-refractivity contribution in [2.24, 2.45) is 0 Å². The summed E-state index contributed by atoms with van der Waals surface area (Å²) in [6.07, 6.45) is 1.69. The average molecular weight is 319 g/mol. The van der Waals surface area contributed by atoms with Gasteiger partial charge in [0.15, 0.2) is 6.61 Å². The zero-order valence-corrected chi connectivity index (χ0v) is 12.6. The van der Waals surface area contributed by atoms with Gasteiger partial charge >= 0.3 is 0 Å². The van der Waals surface area contributed by atoms with Gasteiger partial charge in [-0.15, -0.1) is 0 Å². The van der Waals surface area contributed by atoms with Gasteiger partial charge in [-0.1, -0.05) is 12.1 Å². The molecule has 0 aliphatic carbocycles. The fourth-order valence-corrected chi connectivity index (χ4v) is 2.66. The lowest BCUT2D eigenvalue weighted by Gasteiger charge is -2.18. The van der Waals surface area contributed by atoms with Crippen LogP contribution in [0.2, 0.25) is 0 Å². The van der Waals surface area contributed by atoms with Crippen molar-refractivity contribution in [2.75, 3.05) is 17.2 Å². The Kier molecular flexibility index (Phi) is 3.35. The molecule has 2 heterocycles. The Labute approximate surface area is 137 Å². The predicted octanol–water partition coefficient (Wildman–Crippen LogP) is 2.82. The molecule has 6 heteroatoms. The molecule has 0 saturated heterocycles. The van der Waals surface area contributed by atoms with Gasteiger partial charge in [-0.25, -0.2) is 0 Å². The minimum Gasteiger partial charge on any atom is -0.482 e. The van der Waals surface area contributed by atoms with Gasteiger partial charge in [0.2, 0.25) is 0 Å².